The lowest BCUT2D eigenvalue weighted by Crippen LogP contribution is -2.29. The fourth-order valence-electron chi connectivity index (χ4n) is 3.17. The monoisotopic (exact) mass is 357 g/mol. The first kappa shape index (κ1) is 17.9. The summed E-state index contributed by atoms with van der Waals surface area (Å²) in [6.45, 7) is 2.63. The zero-order valence-corrected chi connectivity index (χ0v) is 14.4. The largest absolute Gasteiger partial charge is 0.395 e. The molecule has 1 aromatic heterocycles. The van der Waals surface area contributed by atoms with E-state index in [1.807, 2.05) is 31.3 Å². The molecule has 0 saturated carbocycles. The molecule has 0 spiro atoms. The fourth-order valence-corrected chi connectivity index (χ4v) is 3.17. The molecule has 0 atom stereocenters. The van der Waals surface area contributed by atoms with E-state index in [0.717, 1.165) is 28.1 Å². The second-order valence-electron chi connectivity index (χ2n) is 6.16. The number of aromatic amines is 1. The number of anilines is 1. The topological polar surface area (TPSA) is 82.4 Å². The highest BCUT2D eigenvalue weighted by atomic mass is 19.1. The van der Waals surface area contributed by atoms with E-state index in [-0.39, 0.29) is 24.5 Å². The maximum atomic E-state index is 14.3. The van der Waals surface area contributed by atoms with E-state index in [1.165, 1.54) is 12.1 Å². The number of halogens is 1. The smallest absolute Gasteiger partial charge is 0.272 e. The first-order valence-electron chi connectivity index (χ1n) is 8.36. The van der Waals surface area contributed by atoms with Crippen LogP contribution in [0.1, 0.15) is 11.1 Å². The van der Waals surface area contributed by atoms with Crippen molar-refractivity contribution >= 4 is 22.3 Å². The molecule has 0 aliphatic carbocycles. The van der Waals surface area contributed by atoms with Gasteiger partial charge in [-0.15, -0.1) is 0 Å². The van der Waals surface area contributed by atoms with Crippen molar-refractivity contribution in [3.05, 3.63) is 69.7 Å². The standard InChI is InChI=1S/C19H20FN3O3/c1-13-3-2-4-16-14(12-21-19(13)16)7-8-22(9-10-24)18-6-5-15(23(25)26)11-17(18)20/h2-6,11-12,21,24H,7-10H2,1H3. The lowest BCUT2D eigenvalue weighted by molar-refractivity contribution is -0.385. The van der Waals surface area contributed by atoms with Gasteiger partial charge in [0.15, 0.2) is 5.82 Å². The summed E-state index contributed by atoms with van der Waals surface area (Å²) in [6.07, 6.45) is 2.60. The average Bonchev–Trinajstić information content (AvgIpc) is 3.03. The highest BCUT2D eigenvalue weighted by Crippen LogP contribution is 2.26. The van der Waals surface area contributed by atoms with E-state index in [1.54, 1.807) is 4.90 Å². The Morgan fingerprint density at radius 2 is 2.08 bits per heavy atom. The van der Waals surface area contributed by atoms with E-state index in [9.17, 15) is 19.6 Å². The highest BCUT2D eigenvalue weighted by Gasteiger charge is 2.16. The number of aromatic nitrogens is 1. The molecule has 0 amide bonds. The van der Waals surface area contributed by atoms with Gasteiger partial charge in [-0.2, -0.15) is 0 Å². The summed E-state index contributed by atoms with van der Waals surface area (Å²) in [5.41, 5.74) is 3.30. The fraction of sp³-hybridized carbons (Fsp3) is 0.263. The Labute approximate surface area is 150 Å². The maximum absolute atomic E-state index is 14.3. The van der Waals surface area contributed by atoms with Gasteiger partial charge in [-0.1, -0.05) is 18.2 Å². The number of nitrogens with zero attached hydrogens (tertiary/aromatic N) is 2. The predicted molar refractivity (Wildman–Crippen MR) is 99.1 cm³/mol. The number of rotatable bonds is 7. The van der Waals surface area contributed by atoms with Crippen LogP contribution in [0, 0.1) is 22.9 Å². The Kier molecular flexibility index (Phi) is 5.18. The minimum absolute atomic E-state index is 0.135. The molecule has 136 valence electrons. The van der Waals surface area contributed by atoms with Gasteiger partial charge < -0.3 is 15.0 Å². The summed E-state index contributed by atoms with van der Waals surface area (Å²) >= 11 is 0. The molecule has 0 aliphatic rings. The van der Waals surface area contributed by atoms with Gasteiger partial charge in [0.2, 0.25) is 0 Å². The van der Waals surface area contributed by atoms with Crippen LogP contribution in [-0.4, -0.2) is 34.7 Å². The first-order chi connectivity index (χ1) is 12.5. The van der Waals surface area contributed by atoms with E-state index in [2.05, 4.69) is 4.98 Å². The lowest BCUT2D eigenvalue weighted by atomic mass is 10.1. The van der Waals surface area contributed by atoms with Gasteiger partial charge in [0.1, 0.15) is 0 Å². The average molecular weight is 357 g/mol. The quantitative estimate of drug-likeness (QED) is 0.500. The van der Waals surface area contributed by atoms with Gasteiger partial charge in [-0.3, -0.25) is 10.1 Å². The van der Waals surface area contributed by atoms with Crippen molar-refractivity contribution in [3.63, 3.8) is 0 Å². The summed E-state index contributed by atoms with van der Waals surface area (Å²) in [5, 5.41) is 21.2. The molecule has 0 aliphatic heterocycles. The number of hydrogen-bond acceptors (Lipinski definition) is 4. The molecule has 0 bridgehead atoms. The van der Waals surface area contributed by atoms with Gasteiger partial charge in [0, 0.05) is 36.3 Å². The zero-order chi connectivity index (χ0) is 18.7. The third-order valence-corrected chi connectivity index (χ3v) is 4.51. The lowest BCUT2D eigenvalue weighted by Gasteiger charge is -2.24. The number of nitro groups is 1. The van der Waals surface area contributed by atoms with E-state index in [0.29, 0.717) is 13.0 Å². The van der Waals surface area contributed by atoms with Crippen LogP contribution in [0.5, 0.6) is 0 Å². The highest BCUT2D eigenvalue weighted by molar-refractivity contribution is 5.85. The number of H-pyrrole nitrogens is 1. The van der Waals surface area contributed by atoms with Crippen molar-refractivity contribution in [2.24, 2.45) is 0 Å². The summed E-state index contributed by atoms with van der Waals surface area (Å²) < 4.78 is 14.3. The van der Waals surface area contributed by atoms with Crippen LogP contribution in [0.3, 0.4) is 0 Å². The summed E-state index contributed by atoms with van der Waals surface area (Å²) in [6, 6.07) is 9.65. The molecular weight excluding hydrogens is 337 g/mol. The molecule has 2 N–H and O–H groups in total. The van der Waals surface area contributed by atoms with Crippen molar-refractivity contribution in [2.75, 3.05) is 24.6 Å². The molecule has 0 unspecified atom stereocenters. The van der Waals surface area contributed by atoms with Gasteiger partial charge in [0.25, 0.3) is 5.69 Å². The number of fused-ring (bicyclic) bond motifs is 1. The van der Waals surface area contributed by atoms with Crippen LogP contribution in [0.25, 0.3) is 10.9 Å². The molecule has 3 rings (SSSR count). The maximum Gasteiger partial charge on any atom is 0.272 e. The van der Waals surface area contributed by atoms with Crippen molar-refractivity contribution in [3.8, 4) is 0 Å². The van der Waals surface area contributed by atoms with Gasteiger partial charge in [-0.05, 0) is 30.5 Å². The minimum Gasteiger partial charge on any atom is -0.395 e. The number of hydrogen-bond donors (Lipinski definition) is 2. The molecule has 3 aromatic rings. The Balaban J connectivity index is 1.82. The van der Waals surface area contributed by atoms with Crippen LogP contribution in [0.15, 0.2) is 42.6 Å². The van der Waals surface area contributed by atoms with Crippen LogP contribution in [0.2, 0.25) is 0 Å². The van der Waals surface area contributed by atoms with Gasteiger partial charge in [-0.25, -0.2) is 4.39 Å². The second-order valence-corrected chi connectivity index (χ2v) is 6.16. The number of aryl methyl sites for hydroxylation is 1. The van der Waals surface area contributed by atoms with Gasteiger partial charge in [0.05, 0.1) is 23.3 Å². The molecule has 0 radical (unpaired) electrons. The van der Waals surface area contributed by atoms with Crippen molar-refractivity contribution < 1.29 is 14.4 Å². The van der Waals surface area contributed by atoms with Crippen molar-refractivity contribution in [1.82, 2.24) is 4.98 Å². The van der Waals surface area contributed by atoms with Crippen LogP contribution in [0.4, 0.5) is 15.8 Å². The Hall–Kier alpha value is -2.93. The molecule has 26 heavy (non-hydrogen) atoms. The summed E-state index contributed by atoms with van der Waals surface area (Å²) in [4.78, 5) is 15.1. The SMILES string of the molecule is Cc1cccc2c(CCN(CCO)c3ccc([N+](=O)[O-])cc3F)c[nH]c12. The number of benzene rings is 2. The van der Waals surface area contributed by atoms with E-state index in [4.69, 9.17) is 0 Å². The summed E-state index contributed by atoms with van der Waals surface area (Å²) in [5.74, 6) is -0.664. The van der Waals surface area contributed by atoms with Crippen LogP contribution < -0.4 is 4.90 Å². The summed E-state index contributed by atoms with van der Waals surface area (Å²) in [7, 11) is 0. The molecular formula is C19H20FN3O3. The van der Waals surface area contributed by atoms with Crippen LogP contribution in [-0.2, 0) is 6.42 Å². The molecule has 0 fully saturated rings. The molecule has 2 aromatic carbocycles. The second kappa shape index (κ2) is 7.53. The van der Waals surface area contributed by atoms with Gasteiger partial charge >= 0.3 is 0 Å². The van der Waals surface area contributed by atoms with Crippen molar-refractivity contribution in [1.29, 1.82) is 0 Å². The number of nitrogens with one attached hydrogen (secondary N) is 1. The molecule has 1 heterocycles. The van der Waals surface area contributed by atoms with E-state index >= 15 is 0 Å². The predicted octanol–water partition coefficient (Wildman–Crippen LogP) is 3.57. The Morgan fingerprint density at radius 1 is 1.27 bits per heavy atom. The van der Waals surface area contributed by atoms with Crippen molar-refractivity contribution in [2.45, 2.75) is 13.3 Å². The normalized spacial score (nSPS) is 11.0. The Morgan fingerprint density at radius 3 is 2.77 bits per heavy atom. The van der Waals surface area contributed by atoms with Crippen LogP contribution >= 0.6 is 0 Å². The number of aliphatic hydroxyl groups excluding tert-OH is 1. The number of para-hydroxylation sites is 1. The third-order valence-electron chi connectivity index (χ3n) is 4.51. The third kappa shape index (κ3) is 3.52. The number of aliphatic hydroxyl groups is 1. The molecule has 0 saturated heterocycles. The minimum atomic E-state index is -0.664. The Bertz CT molecular complexity index is 939. The zero-order valence-electron chi connectivity index (χ0n) is 14.4. The number of non-ortho nitro benzene ring substituents is 1. The number of nitro benzene ring substituents is 1. The molecule has 7 heteroatoms. The first-order valence-corrected chi connectivity index (χ1v) is 8.36. The van der Waals surface area contributed by atoms with E-state index < -0.39 is 10.7 Å². The molecule has 6 nitrogen and oxygen atoms in total.